The molecule has 0 aliphatic carbocycles. The van der Waals surface area contributed by atoms with Crippen LogP contribution in [0.3, 0.4) is 0 Å². The Morgan fingerprint density at radius 3 is 2.69 bits per heavy atom. The zero-order chi connectivity index (χ0) is 12.0. The Morgan fingerprint density at radius 2 is 2.12 bits per heavy atom. The molecule has 0 spiro atoms. The summed E-state index contributed by atoms with van der Waals surface area (Å²) < 4.78 is 0. The summed E-state index contributed by atoms with van der Waals surface area (Å²) in [7, 11) is 0. The maximum Gasteiger partial charge on any atom is 0.0439 e. The van der Waals surface area contributed by atoms with Crippen molar-refractivity contribution in [3.8, 4) is 0 Å². The van der Waals surface area contributed by atoms with Crippen LogP contribution >= 0.6 is 0 Å². The monoisotopic (exact) mass is 219 g/mol. The van der Waals surface area contributed by atoms with Crippen molar-refractivity contribution in [1.82, 2.24) is 0 Å². The Kier molecular flexibility index (Phi) is 5.03. The van der Waals surface area contributed by atoms with E-state index in [1.807, 2.05) is 0 Å². The lowest BCUT2D eigenvalue weighted by Crippen LogP contribution is -1.97. The Bertz CT molecular complexity index is 356. The second-order valence-electron chi connectivity index (χ2n) is 4.70. The first-order valence-electron chi connectivity index (χ1n) is 5.87. The molecular weight excluding hydrogens is 198 g/mol. The molecule has 0 unspecified atom stereocenters. The molecule has 0 aliphatic heterocycles. The fourth-order valence-electron chi connectivity index (χ4n) is 1.91. The molecule has 0 fully saturated rings. The highest BCUT2D eigenvalue weighted by Gasteiger charge is 2.01. The molecular formula is C14H21NO. The lowest BCUT2D eigenvalue weighted by atomic mass is 9.97. The second kappa shape index (κ2) is 6.31. The zero-order valence-electron chi connectivity index (χ0n) is 10.4. The van der Waals surface area contributed by atoms with Crippen molar-refractivity contribution >= 4 is 6.21 Å². The van der Waals surface area contributed by atoms with Crippen LogP contribution < -0.4 is 0 Å². The van der Waals surface area contributed by atoms with Gasteiger partial charge in [0.15, 0.2) is 0 Å². The van der Waals surface area contributed by atoms with Gasteiger partial charge < -0.3 is 5.21 Å². The number of hydrogen-bond acceptors (Lipinski definition) is 2. The van der Waals surface area contributed by atoms with Gasteiger partial charge in [-0.3, -0.25) is 0 Å². The van der Waals surface area contributed by atoms with E-state index in [9.17, 15) is 0 Å². The standard InChI is InChI=1S/C14H21NO/c1-11(2)9-13-6-7-14(12(3)10-13)5-4-8-15-16/h6-8,10-11,16H,4-5,9H2,1-3H3. The molecule has 0 saturated carbocycles. The van der Waals surface area contributed by atoms with E-state index < -0.39 is 0 Å². The molecule has 1 aromatic carbocycles. The molecule has 88 valence electrons. The second-order valence-corrected chi connectivity index (χ2v) is 4.70. The topological polar surface area (TPSA) is 32.6 Å². The van der Waals surface area contributed by atoms with Crippen molar-refractivity contribution < 1.29 is 5.21 Å². The van der Waals surface area contributed by atoms with Crippen LogP contribution in [0.2, 0.25) is 0 Å². The molecule has 2 nitrogen and oxygen atoms in total. The van der Waals surface area contributed by atoms with E-state index >= 15 is 0 Å². The molecule has 0 saturated heterocycles. The summed E-state index contributed by atoms with van der Waals surface area (Å²) in [5.41, 5.74) is 4.09. The summed E-state index contributed by atoms with van der Waals surface area (Å²) in [6.45, 7) is 6.62. The van der Waals surface area contributed by atoms with Crippen LogP contribution in [0.1, 0.15) is 37.0 Å². The van der Waals surface area contributed by atoms with Crippen molar-refractivity contribution in [3.63, 3.8) is 0 Å². The normalized spacial score (nSPS) is 11.5. The summed E-state index contributed by atoms with van der Waals surface area (Å²) in [5, 5.41) is 11.3. The van der Waals surface area contributed by atoms with Crippen LogP contribution in [0.25, 0.3) is 0 Å². The van der Waals surface area contributed by atoms with Crippen LogP contribution in [0, 0.1) is 12.8 Å². The SMILES string of the molecule is Cc1cc(CC(C)C)ccc1CCC=NO. The maximum atomic E-state index is 8.33. The summed E-state index contributed by atoms with van der Waals surface area (Å²) in [4.78, 5) is 0. The number of rotatable bonds is 5. The van der Waals surface area contributed by atoms with E-state index in [-0.39, 0.29) is 0 Å². The van der Waals surface area contributed by atoms with Gasteiger partial charge >= 0.3 is 0 Å². The van der Waals surface area contributed by atoms with E-state index in [4.69, 9.17) is 5.21 Å². The highest BCUT2D eigenvalue weighted by Crippen LogP contribution is 2.15. The first-order chi connectivity index (χ1) is 7.63. The predicted molar refractivity (Wildman–Crippen MR) is 68.3 cm³/mol. The lowest BCUT2D eigenvalue weighted by molar-refractivity contribution is 0.320. The molecule has 0 heterocycles. The van der Waals surface area contributed by atoms with Crippen molar-refractivity contribution in [2.75, 3.05) is 0 Å². The number of hydrogen-bond donors (Lipinski definition) is 1. The van der Waals surface area contributed by atoms with Crippen molar-refractivity contribution in [1.29, 1.82) is 0 Å². The van der Waals surface area contributed by atoms with Crippen molar-refractivity contribution in [2.24, 2.45) is 11.1 Å². The van der Waals surface area contributed by atoms with Crippen LogP contribution in [0.5, 0.6) is 0 Å². The summed E-state index contributed by atoms with van der Waals surface area (Å²) >= 11 is 0. The summed E-state index contributed by atoms with van der Waals surface area (Å²) in [5.74, 6) is 0.701. The molecule has 0 atom stereocenters. The number of nitrogens with zero attached hydrogens (tertiary/aromatic N) is 1. The molecule has 1 rings (SSSR count). The molecule has 0 radical (unpaired) electrons. The van der Waals surface area contributed by atoms with Gasteiger partial charge in [-0.25, -0.2) is 0 Å². The van der Waals surface area contributed by atoms with Crippen LogP contribution in [0.4, 0.5) is 0 Å². The fourth-order valence-corrected chi connectivity index (χ4v) is 1.91. The Labute approximate surface area is 98.0 Å². The van der Waals surface area contributed by atoms with E-state index in [0.29, 0.717) is 5.92 Å². The minimum atomic E-state index is 0.701. The number of oxime groups is 1. The zero-order valence-corrected chi connectivity index (χ0v) is 10.4. The molecule has 1 aromatic rings. The molecule has 1 N–H and O–H groups in total. The van der Waals surface area contributed by atoms with Gasteiger partial charge in [0.25, 0.3) is 0 Å². The van der Waals surface area contributed by atoms with Gasteiger partial charge in [0, 0.05) is 6.21 Å². The van der Waals surface area contributed by atoms with Gasteiger partial charge in [0.1, 0.15) is 0 Å². The van der Waals surface area contributed by atoms with Crippen molar-refractivity contribution in [2.45, 2.75) is 40.0 Å². The first-order valence-corrected chi connectivity index (χ1v) is 5.87. The Balaban J connectivity index is 2.67. The Hall–Kier alpha value is -1.31. The van der Waals surface area contributed by atoms with E-state index in [0.717, 1.165) is 19.3 Å². The molecule has 16 heavy (non-hydrogen) atoms. The van der Waals surface area contributed by atoms with Gasteiger partial charge in [-0.05, 0) is 48.8 Å². The van der Waals surface area contributed by atoms with Gasteiger partial charge in [0.05, 0.1) is 0 Å². The van der Waals surface area contributed by atoms with Crippen LogP contribution in [-0.4, -0.2) is 11.4 Å². The highest BCUT2D eigenvalue weighted by molar-refractivity contribution is 5.56. The molecule has 0 aliphatic rings. The predicted octanol–water partition coefficient (Wildman–Crippen LogP) is 3.59. The average Bonchev–Trinajstić information content (AvgIpc) is 2.20. The van der Waals surface area contributed by atoms with Gasteiger partial charge in [-0.2, -0.15) is 0 Å². The lowest BCUT2D eigenvalue weighted by Gasteiger charge is -2.09. The van der Waals surface area contributed by atoms with E-state index in [2.05, 4.69) is 44.1 Å². The summed E-state index contributed by atoms with van der Waals surface area (Å²) in [6.07, 6.45) is 4.42. The maximum absolute atomic E-state index is 8.33. The van der Waals surface area contributed by atoms with Crippen LogP contribution in [-0.2, 0) is 12.8 Å². The Morgan fingerprint density at radius 1 is 1.38 bits per heavy atom. The van der Waals surface area contributed by atoms with E-state index in [1.54, 1.807) is 6.21 Å². The average molecular weight is 219 g/mol. The summed E-state index contributed by atoms with van der Waals surface area (Å²) in [6, 6.07) is 6.67. The van der Waals surface area contributed by atoms with Gasteiger partial charge in [0.2, 0.25) is 0 Å². The van der Waals surface area contributed by atoms with Crippen LogP contribution in [0.15, 0.2) is 23.4 Å². The minimum Gasteiger partial charge on any atom is -0.411 e. The van der Waals surface area contributed by atoms with E-state index in [1.165, 1.54) is 16.7 Å². The minimum absolute atomic E-state index is 0.701. The smallest absolute Gasteiger partial charge is 0.0439 e. The molecule has 0 amide bonds. The highest BCUT2D eigenvalue weighted by atomic mass is 16.4. The largest absolute Gasteiger partial charge is 0.411 e. The molecule has 0 bridgehead atoms. The quantitative estimate of drug-likeness (QED) is 0.458. The third-order valence-electron chi connectivity index (χ3n) is 2.68. The third kappa shape index (κ3) is 4.05. The fraction of sp³-hybridized carbons (Fsp3) is 0.500. The number of benzene rings is 1. The van der Waals surface area contributed by atoms with Crippen molar-refractivity contribution in [3.05, 3.63) is 34.9 Å². The number of aryl methyl sites for hydroxylation is 2. The third-order valence-corrected chi connectivity index (χ3v) is 2.68. The molecule has 0 aromatic heterocycles. The van der Waals surface area contributed by atoms with Gasteiger partial charge in [-0.15, -0.1) is 5.16 Å². The molecule has 2 heteroatoms. The van der Waals surface area contributed by atoms with Gasteiger partial charge in [-0.1, -0.05) is 32.0 Å². The first kappa shape index (κ1) is 12.8.